The second-order valence-corrected chi connectivity index (χ2v) is 2.66. The van der Waals surface area contributed by atoms with Crippen LogP contribution in [-0.4, -0.2) is 34.6 Å². The maximum atomic E-state index is 10.8. The number of carboxylic acid groups (broad SMARTS) is 2. The van der Waals surface area contributed by atoms with E-state index in [4.69, 9.17) is 10.2 Å². The predicted octanol–water partition coefficient (Wildman–Crippen LogP) is -0.536. The van der Waals surface area contributed by atoms with Crippen LogP contribution in [0.3, 0.4) is 0 Å². The maximum absolute atomic E-state index is 10.8. The third kappa shape index (κ3) is 5.76. The minimum atomic E-state index is -1.23. The van der Waals surface area contributed by atoms with Gasteiger partial charge in [-0.15, -0.1) is 0 Å². The maximum Gasteiger partial charge on any atom is 0.328 e. The number of hydrogen-bond donors (Lipinski definition) is 3. The molecule has 1 unspecified atom stereocenters. The SMILES string of the molecule is CC(CNC(=O)/C=C\C(=O)O)C(=O)O. The average Bonchev–Trinajstić information content (AvgIpc) is 2.10. The lowest BCUT2D eigenvalue weighted by Crippen LogP contribution is -2.30. The van der Waals surface area contributed by atoms with E-state index < -0.39 is 23.8 Å². The van der Waals surface area contributed by atoms with Crippen molar-refractivity contribution < 1.29 is 24.6 Å². The van der Waals surface area contributed by atoms with E-state index in [1.165, 1.54) is 6.92 Å². The minimum Gasteiger partial charge on any atom is -0.481 e. The molecule has 3 N–H and O–H groups in total. The molecule has 6 heteroatoms. The number of hydrogen-bond acceptors (Lipinski definition) is 3. The van der Waals surface area contributed by atoms with Crippen LogP contribution in [0.1, 0.15) is 6.92 Å². The Morgan fingerprint density at radius 2 is 1.86 bits per heavy atom. The first-order valence-electron chi connectivity index (χ1n) is 3.85. The molecule has 0 saturated carbocycles. The summed E-state index contributed by atoms with van der Waals surface area (Å²) in [6.45, 7) is 1.40. The van der Waals surface area contributed by atoms with Gasteiger partial charge in [0.1, 0.15) is 0 Å². The fraction of sp³-hybridized carbons (Fsp3) is 0.375. The monoisotopic (exact) mass is 201 g/mol. The summed E-state index contributed by atoms with van der Waals surface area (Å²) in [5.41, 5.74) is 0. The molecule has 0 aliphatic heterocycles. The van der Waals surface area contributed by atoms with Gasteiger partial charge in [-0.1, -0.05) is 6.92 Å². The fourth-order valence-corrected chi connectivity index (χ4v) is 0.547. The number of carbonyl (C=O) groups is 3. The van der Waals surface area contributed by atoms with Crippen molar-refractivity contribution >= 4 is 17.8 Å². The van der Waals surface area contributed by atoms with Crippen LogP contribution >= 0.6 is 0 Å². The average molecular weight is 201 g/mol. The molecule has 14 heavy (non-hydrogen) atoms. The summed E-state index contributed by atoms with van der Waals surface area (Å²) in [4.78, 5) is 31.1. The van der Waals surface area contributed by atoms with Crippen molar-refractivity contribution in [2.75, 3.05) is 6.54 Å². The highest BCUT2D eigenvalue weighted by Gasteiger charge is 2.10. The van der Waals surface area contributed by atoms with E-state index in [9.17, 15) is 14.4 Å². The van der Waals surface area contributed by atoms with Crippen LogP contribution in [0.4, 0.5) is 0 Å². The van der Waals surface area contributed by atoms with Gasteiger partial charge < -0.3 is 15.5 Å². The van der Waals surface area contributed by atoms with Crippen LogP contribution in [0, 0.1) is 5.92 Å². The molecule has 78 valence electrons. The summed E-state index contributed by atoms with van der Waals surface area (Å²) >= 11 is 0. The van der Waals surface area contributed by atoms with Gasteiger partial charge in [0.2, 0.25) is 5.91 Å². The lowest BCUT2D eigenvalue weighted by Gasteiger charge is -2.05. The van der Waals surface area contributed by atoms with Crippen molar-refractivity contribution in [3.8, 4) is 0 Å². The van der Waals surface area contributed by atoms with Gasteiger partial charge in [0.25, 0.3) is 0 Å². The molecule has 1 amide bonds. The van der Waals surface area contributed by atoms with Gasteiger partial charge in [0, 0.05) is 18.7 Å². The number of carbonyl (C=O) groups excluding carboxylic acids is 1. The second-order valence-electron chi connectivity index (χ2n) is 2.66. The van der Waals surface area contributed by atoms with Gasteiger partial charge >= 0.3 is 11.9 Å². The zero-order valence-corrected chi connectivity index (χ0v) is 7.56. The van der Waals surface area contributed by atoms with E-state index in [1.54, 1.807) is 0 Å². The van der Waals surface area contributed by atoms with E-state index in [0.29, 0.717) is 6.08 Å². The molecule has 1 atom stereocenters. The number of amides is 1. The molecule has 0 heterocycles. The topological polar surface area (TPSA) is 104 Å². The molecule has 0 bridgehead atoms. The number of nitrogens with one attached hydrogen (secondary N) is 1. The zero-order valence-electron chi connectivity index (χ0n) is 7.56. The van der Waals surface area contributed by atoms with Crippen molar-refractivity contribution in [3.63, 3.8) is 0 Å². The number of aliphatic carboxylic acids is 2. The smallest absolute Gasteiger partial charge is 0.328 e. The lowest BCUT2D eigenvalue weighted by atomic mass is 10.2. The summed E-state index contributed by atoms with van der Waals surface area (Å²) in [5.74, 6) is -3.57. The summed E-state index contributed by atoms with van der Waals surface area (Å²) in [7, 11) is 0. The van der Waals surface area contributed by atoms with Crippen LogP contribution in [-0.2, 0) is 14.4 Å². The van der Waals surface area contributed by atoms with Crippen molar-refractivity contribution in [1.82, 2.24) is 5.32 Å². The Balaban J connectivity index is 3.86. The third-order valence-electron chi connectivity index (χ3n) is 1.38. The van der Waals surface area contributed by atoms with E-state index in [0.717, 1.165) is 6.08 Å². The van der Waals surface area contributed by atoms with Crippen LogP contribution in [0.5, 0.6) is 0 Å². The molecule has 0 aromatic carbocycles. The van der Waals surface area contributed by atoms with E-state index in [1.807, 2.05) is 0 Å². The Hall–Kier alpha value is -1.85. The molecule has 0 aromatic rings. The van der Waals surface area contributed by atoms with Gasteiger partial charge in [-0.3, -0.25) is 9.59 Å². The quantitative estimate of drug-likeness (QED) is 0.518. The zero-order chi connectivity index (χ0) is 11.1. The number of carboxylic acids is 2. The van der Waals surface area contributed by atoms with Crippen LogP contribution < -0.4 is 5.32 Å². The van der Waals surface area contributed by atoms with Crippen LogP contribution in [0.15, 0.2) is 12.2 Å². The van der Waals surface area contributed by atoms with Crippen LogP contribution in [0.25, 0.3) is 0 Å². The van der Waals surface area contributed by atoms with E-state index in [-0.39, 0.29) is 6.54 Å². The summed E-state index contributed by atoms with van der Waals surface area (Å²) in [6, 6.07) is 0. The summed E-state index contributed by atoms with van der Waals surface area (Å²) < 4.78 is 0. The highest BCUT2D eigenvalue weighted by Crippen LogP contribution is 1.91. The lowest BCUT2D eigenvalue weighted by molar-refractivity contribution is -0.141. The minimum absolute atomic E-state index is 0.0296. The molecule has 6 nitrogen and oxygen atoms in total. The first-order chi connectivity index (χ1) is 6.43. The molecule has 0 spiro atoms. The molecule has 0 fully saturated rings. The van der Waals surface area contributed by atoms with Crippen LogP contribution in [0.2, 0.25) is 0 Å². The molecule has 0 saturated heterocycles. The van der Waals surface area contributed by atoms with E-state index >= 15 is 0 Å². The van der Waals surface area contributed by atoms with Crippen molar-refractivity contribution in [2.45, 2.75) is 6.92 Å². The van der Waals surface area contributed by atoms with Gasteiger partial charge in [-0.05, 0) is 0 Å². The Kier molecular flexibility index (Phi) is 4.98. The van der Waals surface area contributed by atoms with Crippen molar-refractivity contribution in [1.29, 1.82) is 0 Å². The van der Waals surface area contributed by atoms with Crippen molar-refractivity contribution in [2.24, 2.45) is 5.92 Å². The molecule has 0 radical (unpaired) electrons. The normalized spacial score (nSPS) is 12.4. The summed E-state index contributed by atoms with van der Waals surface area (Å²) in [5, 5.41) is 18.9. The molecule has 0 rings (SSSR count). The van der Waals surface area contributed by atoms with E-state index in [2.05, 4.69) is 5.32 Å². The van der Waals surface area contributed by atoms with Gasteiger partial charge in [-0.25, -0.2) is 4.79 Å². The Morgan fingerprint density at radius 3 is 2.29 bits per heavy atom. The van der Waals surface area contributed by atoms with Crippen molar-refractivity contribution in [3.05, 3.63) is 12.2 Å². The summed E-state index contributed by atoms with van der Waals surface area (Å²) in [6.07, 6.45) is 1.51. The Morgan fingerprint density at radius 1 is 1.29 bits per heavy atom. The largest absolute Gasteiger partial charge is 0.481 e. The predicted molar refractivity (Wildman–Crippen MR) is 46.6 cm³/mol. The molecule has 0 aliphatic carbocycles. The first kappa shape index (κ1) is 12.2. The highest BCUT2D eigenvalue weighted by molar-refractivity contribution is 5.94. The second kappa shape index (κ2) is 5.74. The molecular formula is C8H11NO5. The molecule has 0 aromatic heterocycles. The van der Waals surface area contributed by atoms with Gasteiger partial charge in [0.15, 0.2) is 0 Å². The highest BCUT2D eigenvalue weighted by atomic mass is 16.4. The number of rotatable bonds is 5. The molecule has 0 aliphatic rings. The molecular weight excluding hydrogens is 190 g/mol. The van der Waals surface area contributed by atoms with Gasteiger partial charge in [-0.2, -0.15) is 0 Å². The Labute approximate surface area is 80.2 Å². The standard InChI is InChI=1S/C8H11NO5/c1-5(8(13)14)4-9-6(10)2-3-7(11)12/h2-3,5H,4H2,1H3,(H,9,10)(H,11,12)(H,13,14)/b3-2-. The third-order valence-corrected chi connectivity index (χ3v) is 1.38. The fourth-order valence-electron chi connectivity index (χ4n) is 0.547. The van der Waals surface area contributed by atoms with Gasteiger partial charge in [0.05, 0.1) is 5.92 Å². The Bertz CT molecular complexity index is 271. The first-order valence-corrected chi connectivity index (χ1v) is 3.85.